The number of pyridine rings is 1. The first kappa shape index (κ1) is 14.4. The Bertz CT molecular complexity index is 518. The van der Waals surface area contributed by atoms with Crippen molar-refractivity contribution >= 4 is 17.3 Å². The lowest BCUT2D eigenvalue weighted by Gasteiger charge is -2.37. The number of carbonyl (C=O) groups excluding carboxylic acids is 1. The Hall–Kier alpha value is -1.99. The molecule has 1 fully saturated rings. The van der Waals surface area contributed by atoms with Gasteiger partial charge in [0.05, 0.1) is 17.6 Å². The highest BCUT2D eigenvalue weighted by Crippen LogP contribution is 2.34. The zero-order chi connectivity index (χ0) is 14.9. The third-order valence-corrected chi connectivity index (χ3v) is 3.23. The number of rotatable bonds is 2. The topological polar surface area (TPSA) is 71.2 Å². The molecule has 1 atom stereocenters. The average molecular weight is 288 g/mol. The van der Waals surface area contributed by atoms with Gasteiger partial charge in [0, 0.05) is 13.1 Å². The number of nitrogens with one attached hydrogen (secondary N) is 1. The SMILES string of the molecule is CCC1C(=O)NCCN1c1cc(C(F)(F)F)ncc1N. The number of carbonyl (C=O) groups is 1. The quantitative estimate of drug-likeness (QED) is 0.863. The van der Waals surface area contributed by atoms with E-state index in [-0.39, 0.29) is 17.3 Å². The van der Waals surface area contributed by atoms with Crippen LogP contribution in [-0.2, 0) is 11.0 Å². The molecule has 2 heterocycles. The van der Waals surface area contributed by atoms with Crippen LogP contribution in [0, 0.1) is 0 Å². The normalized spacial score (nSPS) is 19.9. The van der Waals surface area contributed by atoms with Gasteiger partial charge < -0.3 is 16.0 Å². The second kappa shape index (κ2) is 5.18. The standard InChI is InChI=1S/C12H15F3N4O/c1-2-8-11(20)17-3-4-19(8)9-5-10(12(13,14)15)18-6-7(9)16/h5-6,8H,2-4,16H2,1H3,(H,17,20). The Kier molecular flexibility index (Phi) is 3.74. The molecule has 8 heteroatoms. The summed E-state index contributed by atoms with van der Waals surface area (Å²) in [6.45, 7) is 2.58. The minimum Gasteiger partial charge on any atom is -0.396 e. The van der Waals surface area contributed by atoms with E-state index in [1.54, 1.807) is 11.8 Å². The van der Waals surface area contributed by atoms with Crippen LogP contribution in [0.15, 0.2) is 12.3 Å². The molecular weight excluding hydrogens is 273 g/mol. The number of nitrogens with zero attached hydrogens (tertiary/aromatic N) is 2. The van der Waals surface area contributed by atoms with Gasteiger partial charge in [-0.2, -0.15) is 13.2 Å². The van der Waals surface area contributed by atoms with Crippen LogP contribution in [0.1, 0.15) is 19.0 Å². The summed E-state index contributed by atoms with van der Waals surface area (Å²) >= 11 is 0. The van der Waals surface area contributed by atoms with E-state index in [1.165, 1.54) is 0 Å². The summed E-state index contributed by atoms with van der Waals surface area (Å²) in [7, 11) is 0. The van der Waals surface area contributed by atoms with Crippen molar-refractivity contribution in [1.29, 1.82) is 0 Å². The molecule has 110 valence electrons. The lowest BCUT2D eigenvalue weighted by molar-refractivity contribution is -0.141. The second-order valence-electron chi connectivity index (χ2n) is 4.53. The van der Waals surface area contributed by atoms with Gasteiger partial charge >= 0.3 is 6.18 Å². The van der Waals surface area contributed by atoms with Crippen LogP contribution in [0.5, 0.6) is 0 Å². The van der Waals surface area contributed by atoms with Gasteiger partial charge in [-0.05, 0) is 12.5 Å². The number of anilines is 2. The van der Waals surface area contributed by atoms with Crippen molar-refractivity contribution in [3.05, 3.63) is 18.0 Å². The predicted octanol–water partition coefficient (Wildman–Crippen LogP) is 1.40. The molecule has 1 aliphatic heterocycles. The predicted molar refractivity (Wildman–Crippen MR) is 68.1 cm³/mol. The number of nitrogen functional groups attached to an aromatic ring is 1. The number of piperazine rings is 1. The second-order valence-corrected chi connectivity index (χ2v) is 4.53. The highest BCUT2D eigenvalue weighted by Gasteiger charge is 2.35. The largest absolute Gasteiger partial charge is 0.433 e. The Balaban J connectivity index is 2.42. The van der Waals surface area contributed by atoms with Crippen LogP contribution in [0.2, 0.25) is 0 Å². The molecule has 1 aromatic heterocycles. The molecule has 1 aliphatic rings. The minimum atomic E-state index is -4.54. The van der Waals surface area contributed by atoms with Gasteiger partial charge in [-0.1, -0.05) is 6.92 Å². The van der Waals surface area contributed by atoms with Gasteiger partial charge in [-0.3, -0.25) is 4.79 Å². The van der Waals surface area contributed by atoms with Crippen LogP contribution >= 0.6 is 0 Å². The van der Waals surface area contributed by atoms with Crippen LogP contribution < -0.4 is 16.0 Å². The van der Waals surface area contributed by atoms with E-state index in [0.29, 0.717) is 19.5 Å². The Labute approximate surface area is 114 Å². The number of hydrogen-bond acceptors (Lipinski definition) is 4. The highest BCUT2D eigenvalue weighted by atomic mass is 19.4. The molecule has 0 bridgehead atoms. The van der Waals surface area contributed by atoms with Crippen LogP contribution in [0.4, 0.5) is 24.5 Å². The summed E-state index contributed by atoms with van der Waals surface area (Å²) < 4.78 is 38.2. The fourth-order valence-corrected chi connectivity index (χ4v) is 2.27. The third-order valence-electron chi connectivity index (χ3n) is 3.23. The molecule has 20 heavy (non-hydrogen) atoms. The van der Waals surface area contributed by atoms with E-state index in [2.05, 4.69) is 10.3 Å². The fraction of sp³-hybridized carbons (Fsp3) is 0.500. The van der Waals surface area contributed by atoms with E-state index >= 15 is 0 Å². The van der Waals surface area contributed by atoms with E-state index in [0.717, 1.165) is 12.3 Å². The van der Waals surface area contributed by atoms with Crippen molar-refractivity contribution in [2.45, 2.75) is 25.6 Å². The van der Waals surface area contributed by atoms with Crippen molar-refractivity contribution in [3.63, 3.8) is 0 Å². The van der Waals surface area contributed by atoms with Crippen LogP contribution in [0.25, 0.3) is 0 Å². The first-order valence-electron chi connectivity index (χ1n) is 6.21. The van der Waals surface area contributed by atoms with Crippen molar-refractivity contribution in [3.8, 4) is 0 Å². The zero-order valence-corrected chi connectivity index (χ0v) is 10.9. The molecule has 0 spiro atoms. The summed E-state index contributed by atoms with van der Waals surface area (Å²) in [5, 5.41) is 2.69. The summed E-state index contributed by atoms with van der Waals surface area (Å²) in [6, 6.07) is 0.380. The van der Waals surface area contributed by atoms with Gasteiger partial charge in [0.15, 0.2) is 0 Å². The van der Waals surface area contributed by atoms with Gasteiger partial charge in [0.25, 0.3) is 0 Å². The van der Waals surface area contributed by atoms with Crippen LogP contribution in [0.3, 0.4) is 0 Å². The molecule has 0 aliphatic carbocycles. The summed E-state index contributed by atoms with van der Waals surface area (Å²) in [5.74, 6) is -0.205. The molecule has 0 aromatic carbocycles. The molecule has 3 N–H and O–H groups in total. The lowest BCUT2D eigenvalue weighted by Crippen LogP contribution is -2.55. The Morgan fingerprint density at radius 2 is 2.25 bits per heavy atom. The molecule has 1 amide bonds. The summed E-state index contributed by atoms with van der Waals surface area (Å²) in [5.41, 5.74) is 5.04. The number of aromatic nitrogens is 1. The molecule has 1 unspecified atom stereocenters. The maximum Gasteiger partial charge on any atom is 0.433 e. The van der Waals surface area contributed by atoms with Crippen molar-refractivity contribution < 1.29 is 18.0 Å². The number of alkyl halides is 3. The first-order chi connectivity index (χ1) is 9.34. The van der Waals surface area contributed by atoms with Crippen LogP contribution in [-0.4, -0.2) is 30.0 Å². The van der Waals surface area contributed by atoms with Gasteiger partial charge in [0.1, 0.15) is 11.7 Å². The smallest absolute Gasteiger partial charge is 0.396 e. The molecule has 2 rings (SSSR count). The van der Waals surface area contributed by atoms with Crippen molar-refractivity contribution in [2.24, 2.45) is 0 Å². The van der Waals surface area contributed by atoms with E-state index in [1.807, 2.05) is 0 Å². The number of nitrogens with two attached hydrogens (primary N) is 1. The Morgan fingerprint density at radius 3 is 2.85 bits per heavy atom. The van der Waals surface area contributed by atoms with E-state index in [9.17, 15) is 18.0 Å². The van der Waals surface area contributed by atoms with Gasteiger partial charge in [-0.25, -0.2) is 4.98 Å². The molecular formula is C12H15F3N4O. The Morgan fingerprint density at radius 1 is 1.55 bits per heavy atom. The van der Waals surface area contributed by atoms with E-state index < -0.39 is 17.9 Å². The maximum absolute atomic E-state index is 12.7. The maximum atomic E-state index is 12.7. The molecule has 1 saturated heterocycles. The summed E-state index contributed by atoms with van der Waals surface area (Å²) in [4.78, 5) is 16.7. The minimum absolute atomic E-state index is 0.131. The summed E-state index contributed by atoms with van der Waals surface area (Å²) in [6.07, 6.45) is -3.07. The third kappa shape index (κ3) is 2.63. The fourth-order valence-electron chi connectivity index (χ4n) is 2.27. The zero-order valence-electron chi connectivity index (χ0n) is 10.9. The first-order valence-corrected chi connectivity index (χ1v) is 6.21. The van der Waals surface area contributed by atoms with Gasteiger partial charge in [-0.15, -0.1) is 0 Å². The van der Waals surface area contributed by atoms with E-state index in [4.69, 9.17) is 5.73 Å². The number of hydrogen-bond donors (Lipinski definition) is 2. The molecule has 5 nitrogen and oxygen atoms in total. The number of halogens is 3. The molecule has 1 aromatic rings. The average Bonchev–Trinajstić information content (AvgIpc) is 2.37. The lowest BCUT2D eigenvalue weighted by atomic mass is 10.1. The highest BCUT2D eigenvalue weighted by molar-refractivity contribution is 5.88. The molecule has 0 saturated carbocycles. The molecule has 0 radical (unpaired) electrons. The number of amides is 1. The monoisotopic (exact) mass is 288 g/mol. The van der Waals surface area contributed by atoms with Crippen molar-refractivity contribution in [1.82, 2.24) is 10.3 Å². The van der Waals surface area contributed by atoms with Crippen molar-refractivity contribution in [2.75, 3.05) is 23.7 Å². The van der Waals surface area contributed by atoms with Gasteiger partial charge in [0.2, 0.25) is 5.91 Å².